The number of para-hydroxylation sites is 1. The maximum absolute atomic E-state index is 11.8. The smallest absolute Gasteiger partial charge is 0.461 e. The van der Waals surface area contributed by atoms with Gasteiger partial charge in [0.15, 0.2) is 5.75 Å². The van der Waals surface area contributed by atoms with Crippen molar-refractivity contribution in [2.75, 3.05) is 13.7 Å². The van der Waals surface area contributed by atoms with Gasteiger partial charge in [-0.05, 0) is 32.9 Å². The zero-order chi connectivity index (χ0) is 15.9. The first-order chi connectivity index (χ1) is 9.84. The summed E-state index contributed by atoms with van der Waals surface area (Å²) >= 11 is 0. The molecule has 0 saturated heterocycles. The highest BCUT2D eigenvalue weighted by Crippen LogP contribution is 2.23. The van der Waals surface area contributed by atoms with Crippen molar-refractivity contribution in [2.24, 2.45) is 0 Å². The SMILES string of the molecule is COC(C)(C)COC(=O)[C@H](C)N[P+](=O)Oc1ccccc1. The first-order valence-electron chi connectivity index (χ1n) is 6.52. The van der Waals surface area contributed by atoms with Crippen LogP contribution in [0.5, 0.6) is 5.75 Å². The van der Waals surface area contributed by atoms with E-state index >= 15 is 0 Å². The molecule has 0 radical (unpaired) electrons. The Labute approximate surface area is 125 Å². The van der Waals surface area contributed by atoms with E-state index in [2.05, 4.69) is 5.09 Å². The first kappa shape index (κ1) is 17.6. The summed E-state index contributed by atoms with van der Waals surface area (Å²) in [6.07, 6.45) is 0. The second-order valence-electron chi connectivity index (χ2n) is 5.08. The molecule has 0 amide bonds. The Hall–Kier alpha value is -1.49. The summed E-state index contributed by atoms with van der Waals surface area (Å²) in [7, 11) is -0.661. The van der Waals surface area contributed by atoms with Crippen molar-refractivity contribution in [1.29, 1.82) is 0 Å². The Morgan fingerprint density at radius 1 is 1.33 bits per heavy atom. The van der Waals surface area contributed by atoms with Crippen molar-refractivity contribution >= 4 is 14.1 Å². The van der Waals surface area contributed by atoms with Crippen LogP contribution in [0.4, 0.5) is 0 Å². The molecule has 0 heterocycles. The Bertz CT molecular complexity index is 478. The molecule has 1 aromatic rings. The number of carbonyl (C=O) groups is 1. The monoisotopic (exact) mass is 314 g/mol. The predicted molar refractivity (Wildman–Crippen MR) is 79.3 cm³/mol. The molecule has 0 aliphatic heterocycles. The quantitative estimate of drug-likeness (QED) is 0.587. The zero-order valence-corrected chi connectivity index (χ0v) is 13.6. The molecule has 1 rings (SSSR count). The molecule has 2 atom stereocenters. The minimum absolute atomic E-state index is 0.116. The average Bonchev–Trinajstić information content (AvgIpc) is 2.45. The van der Waals surface area contributed by atoms with Crippen molar-refractivity contribution in [3.63, 3.8) is 0 Å². The number of hydrogen-bond acceptors (Lipinski definition) is 5. The van der Waals surface area contributed by atoms with Crippen LogP contribution in [0.25, 0.3) is 0 Å². The van der Waals surface area contributed by atoms with E-state index in [9.17, 15) is 9.36 Å². The number of nitrogens with one attached hydrogen (secondary N) is 1. The van der Waals surface area contributed by atoms with E-state index in [1.54, 1.807) is 52.1 Å². The van der Waals surface area contributed by atoms with Gasteiger partial charge in [0, 0.05) is 11.7 Å². The van der Waals surface area contributed by atoms with E-state index in [0.717, 1.165) is 0 Å². The number of methoxy groups -OCH3 is 1. The van der Waals surface area contributed by atoms with Gasteiger partial charge in [-0.2, -0.15) is 0 Å². The first-order valence-corrected chi connectivity index (χ1v) is 7.70. The number of benzene rings is 1. The maximum atomic E-state index is 11.8. The van der Waals surface area contributed by atoms with Crippen LogP contribution in [0.3, 0.4) is 0 Å². The van der Waals surface area contributed by atoms with Gasteiger partial charge >= 0.3 is 14.1 Å². The number of esters is 1. The Morgan fingerprint density at radius 3 is 2.52 bits per heavy atom. The van der Waals surface area contributed by atoms with Gasteiger partial charge in [-0.25, -0.2) is 4.52 Å². The summed E-state index contributed by atoms with van der Waals surface area (Å²) in [5.74, 6) is -0.0488. The van der Waals surface area contributed by atoms with Crippen molar-refractivity contribution < 1.29 is 23.4 Å². The van der Waals surface area contributed by atoms with Crippen LogP contribution in [-0.4, -0.2) is 31.3 Å². The topological polar surface area (TPSA) is 73.9 Å². The largest absolute Gasteiger partial charge is 0.664 e. The summed E-state index contributed by atoms with van der Waals surface area (Å²) in [5.41, 5.74) is -0.557. The van der Waals surface area contributed by atoms with Crippen LogP contribution in [0.15, 0.2) is 30.3 Å². The van der Waals surface area contributed by atoms with Crippen LogP contribution in [-0.2, 0) is 18.8 Å². The van der Waals surface area contributed by atoms with E-state index < -0.39 is 25.8 Å². The van der Waals surface area contributed by atoms with E-state index in [0.29, 0.717) is 5.75 Å². The fourth-order valence-electron chi connectivity index (χ4n) is 1.24. The van der Waals surface area contributed by atoms with Crippen LogP contribution >= 0.6 is 8.18 Å². The predicted octanol–water partition coefficient (Wildman–Crippen LogP) is 2.67. The molecule has 1 N–H and O–H groups in total. The highest BCUT2D eigenvalue weighted by molar-refractivity contribution is 7.37. The van der Waals surface area contributed by atoms with Crippen LogP contribution in [0.1, 0.15) is 20.8 Å². The minimum Gasteiger partial charge on any atom is -0.461 e. The Kier molecular flexibility index (Phi) is 6.75. The molecule has 6 nitrogen and oxygen atoms in total. The molecule has 0 aromatic heterocycles. The van der Waals surface area contributed by atoms with E-state index in [1.807, 2.05) is 6.07 Å². The molecule has 116 valence electrons. The second kappa shape index (κ2) is 8.08. The summed E-state index contributed by atoms with van der Waals surface area (Å²) in [4.78, 5) is 11.8. The molecule has 0 bridgehead atoms. The Balaban J connectivity index is 2.40. The lowest BCUT2D eigenvalue weighted by molar-refractivity contribution is -0.152. The van der Waals surface area contributed by atoms with Gasteiger partial charge in [0.05, 0.1) is 5.60 Å². The van der Waals surface area contributed by atoms with Gasteiger partial charge in [-0.15, -0.1) is 0 Å². The van der Waals surface area contributed by atoms with E-state index in [4.69, 9.17) is 14.0 Å². The van der Waals surface area contributed by atoms with Gasteiger partial charge in [-0.3, -0.25) is 4.79 Å². The second-order valence-corrected chi connectivity index (χ2v) is 6.04. The summed E-state index contributed by atoms with van der Waals surface area (Å²) < 4.78 is 27.2. The minimum atomic E-state index is -2.20. The molecule has 1 unspecified atom stereocenters. The van der Waals surface area contributed by atoms with Crippen molar-refractivity contribution in [3.05, 3.63) is 30.3 Å². The van der Waals surface area contributed by atoms with Crippen LogP contribution in [0.2, 0.25) is 0 Å². The fourth-order valence-corrected chi connectivity index (χ4v) is 2.03. The summed E-state index contributed by atoms with van der Waals surface area (Å²) in [5, 5.41) is 2.55. The van der Waals surface area contributed by atoms with Gasteiger partial charge in [0.2, 0.25) is 0 Å². The zero-order valence-electron chi connectivity index (χ0n) is 12.7. The average molecular weight is 314 g/mol. The van der Waals surface area contributed by atoms with Crippen molar-refractivity contribution in [1.82, 2.24) is 5.09 Å². The molecule has 0 saturated carbocycles. The standard InChI is InChI=1S/C14H21NO5P/c1-11(13(16)19-10-14(2,3)18-4)15-21(17)20-12-8-6-5-7-9-12/h5-9,11H,10H2,1-4H3,(H,15,17)/q+1/t11-/m0/s1. The molecule has 0 fully saturated rings. The number of carbonyl (C=O) groups excluding carboxylic acids is 1. The summed E-state index contributed by atoms with van der Waals surface area (Å²) in [6.45, 7) is 5.28. The third-order valence-corrected chi connectivity index (χ3v) is 3.67. The highest BCUT2D eigenvalue weighted by Gasteiger charge is 2.29. The normalized spacial score (nSPS) is 13.4. The molecule has 21 heavy (non-hydrogen) atoms. The third kappa shape index (κ3) is 6.67. The van der Waals surface area contributed by atoms with Gasteiger partial charge in [-0.1, -0.05) is 23.3 Å². The van der Waals surface area contributed by atoms with Gasteiger partial charge in [0.1, 0.15) is 12.6 Å². The van der Waals surface area contributed by atoms with Crippen LogP contribution in [0, 0.1) is 0 Å². The highest BCUT2D eigenvalue weighted by atomic mass is 31.1. The molecule has 0 aliphatic carbocycles. The number of ether oxygens (including phenoxy) is 2. The maximum Gasteiger partial charge on any atom is 0.664 e. The molecule has 1 aromatic carbocycles. The van der Waals surface area contributed by atoms with Gasteiger partial charge in [0.25, 0.3) is 0 Å². The number of hydrogen-bond donors (Lipinski definition) is 1. The van der Waals surface area contributed by atoms with E-state index in [1.165, 1.54) is 0 Å². The van der Waals surface area contributed by atoms with E-state index in [-0.39, 0.29) is 6.61 Å². The number of rotatable bonds is 8. The molecular formula is C14H21NO5P+. The van der Waals surface area contributed by atoms with Crippen molar-refractivity contribution in [3.8, 4) is 5.75 Å². The fraction of sp³-hybridized carbons (Fsp3) is 0.500. The molecule has 0 spiro atoms. The molecule has 0 aliphatic rings. The summed E-state index contributed by atoms with van der Waals surface area (Å²) in [6, 6.07) is 7.97. The van der Waals surface area contributed by atoms with Crippen molar-refractivity contribution in [2.45, 2.75) is 32.4 Å². The molecule has 7 heteroatoms. The van der Waals surface area contributed by atoms with Crippen LogP contribution < -0.4 is 9.61 Å². The lowest BCUT2D eigenvalue weighted by Crippen LogP contribution is -2.36. The van der Waals surface area contributed by atoms with Gasteiger partial charge < -0.3 is 9.47 Å². The third-order valence-electron chi connectivity index (χ3n) is 2.70. The Morgan fingerprint density at radius 2 is 1.95 bits per heavy atom. The lowest BCUT2D eigenvalue weighted by atomic mass is 10.1. The lowest BCUT2D eigenvalue weighted by Gasteiger charge is -2.22. The molecular weight excluding hydrogens is 293 g/mol.